The Balaban J connectivity index is 2.41. The van der Waals surface area contributed by atoms with Gasteiger partial charge in [0.05, 0.1) is 12.8 Å². The number of anilines is 1. The molecule has 144 valence electrons. The minimum absolute atomic E-state index is 0.475. The fourth-order valence-corrected chi connectivity index (χ4v) is 2.45. The smallest absolute Gasteiger partial charge is 0.426 e. The Morgan fingerprint density at radius 2 is 1.63 bits per heavy atom. The summed E-state index contributed by atoms with van der Waals surface area (Å²) in [6.07, 6.45) is -0.744. The third-order valence-electron chi connectivity index (χ3n) is 3.57. The highest BCUT2D eigenvalue weighted by atomic mass is 16.6. The average Bonchev–Trinajstić information content (AvgIpc) is 2.60. The van der Waals surface area contributed by atoms with Crippen LogP contribution in [0.25, 0.3) is 0 Å². The Morgan fingerprint density at radius 1 is 1.04 bits per heavy atom. The lowest BCUT2D eigenvalue weighted by Crippen LogP contribution is -2.49. The molecule has 0 saturated heterocycles. The van der Waals surface area contributed by atoms with Crippen LogP contribution in [0, 0.1) is 0 Å². The second-order valence-corrected chi connectivity index (χ2v) is 6.83. The van der Waals surface area contributed by atoms with E-state index in [-0.39, 0.29) is 0 Å². The Labute approximate surface area is 158 Å². The fraction of sp³-hybridized carbons (Fsp3) is 0.300. The molecule has 0 fully saturated rings. The van der Waals surface area contributed by atoms with Gasteiger partial charge >= 0.3 is 12.1 Å². The number of hydrazine groups is 1. The number of carbonyl (C=O) groups is 2. The molecule has 2 aromatic carbocycles. The van der Waals surface area contributed by atoms with Gasteiger partial charge in [-0.05, 0) is 50.6 Å². The molecule has 1 atom stereocenters. The Bertz CT molecular complexity index is 769. The molecular weight excluding hydrogens is 348 g/mol. The van der Waals surface area contributed by atoms with Crippen molar-refractivity contribution < 1.29 is 24.2 Å². The van der Waals surface area contributed by atoms with Crippen molar-refractivity contribution in [3.63, 3.8) is 0 Å². The normalized spacial score (nSPS) is 12.0. The number of para-hydroxylation sites is 1. The monoisotopic (exact) mass is 372 g/mol. The Kier molecular flexibility index (Phi) is 6.28. The van der Waals surface area contributed by atoms with E-state index in [0.717, 1.165) is 0 Å². The van der Waals surface area contributed by atoms with Crippen LogP contribution in [0.3, 0.4) is 0 Å². The summed E-state index contributed by atoms with van der Waals surface area (Å²) in [6.45, 7) is 5.20. The van der Waals surface area contributed by atoms with Crippen LogP contribution in [0.5, 0.6) is 5.75 Å². The predicted molar refractivity (Wildman–Crippen MR) is 102 cm³/mol. The molecule has 2 N–H and O–H groups in total. The molecule has 0 bridgehead atoms. The molecule has 1 unspecified atom stereocenters. The summed E-state index contributed by atoms with van der Waals surface area (Å²) >= 11 is 0. The van der Waals surface area contributed by atoms with Crippen LogP contribution in [0.15, 0.2) is 54.6 Å². The number of hydrogen-bond acceptors (Lipinski definition) is 5. The highest BCUT2D eigenvalue weighted by Gasteiger charge is 2.31. The zero-order chi connectivity index (χ0) is 20.0. The van der Waals surface area contributed by atoms with Gasteiger partial charge in [0.25, 0.3) is 0 Å². The van der Waals surface area contributed by atoms with Gasteiger partial charge in [0.2, 0.25) is 0 Å². The molecule has 0 heterocycles. The van der Waals surface area contributed by atoms with Gasteiger partial charge in [-0.3, -0.25) is 5.01 Å². The van der Waals surface area contributed by atoms with Gasteiger partial charge in [-0.2, -0.15) is 0 Å². The number of hydrogen-bond donors (Lipinski definition) is 2. The quantitative estimate of drug-likeness (QED) is 0.751. The third-order valence-corrected chi connectivity index (χ3v) is 3.57. The van der Waals surface area contributed by atoms with Crippen molar-refractivity contribution in [3.8, 4) is 5.75 Å². The van der Waals surface area contributed by atoms with Crippen molar-refractivity contribution in [1.82, 2.24) is 5.43 Å². The topological polar surface area (TPSA) is 88.1 Å². The molecule has 7 heteroatoms. The lowest BCUT2D eigenvalue weighted by molar-refractivity contribution is -0.138. The summed E-state index contributed by atoms with van der Waals surface area (Å²) < 4.78 is 10.4. The molecule has 0 aliphatic carbocycles. The van der Waals surface area contributed by atoms with Gasteiger partial charge in [-0.15, -0.1) is 0 Å². The first-order chi connectivity index (χ1) is 12.7. The van der Waals surface area contributed by atoms with E-state index < -0.39 is 23.7 Å². The maximum absolute atomic E-state index is 12.3. The van der Waals surface area contributed by atoms with Gasteiger partial charge in [-0.25, -0.2) is 15.0 Å². The molecule has 0 aliphatic heterocycles. The summed E-state index contributed by atoms with van der Waals surface area (Å²) in [5.74, 6) is -0.519. The minimum atomic E-state index is -1.16. The Morgan fingerprint density at radius 3 is 2.11 bits per heavy atom. The van der Waals surface area contributed by atoms with Gasteiger partial charge in [0, 0.05) is 0 Å². The van der Waals surface area contributed by atoms with Gasteiger partial charge in [0.15, 0.2) is 6.04 Å². The van der Waals surface area contributed by atoms with Crippen molar-refractivity contribution >= 4 is 17.7 Å². The number of nitrogens with one attached hydrogen (secondary N) is 1. The van der Waals surface area contributed by atoms with E-state index in [1.165, 1.54) is 12.1 Å². The lowest BCUT2D eigenvalue weighted by Gasteiger charge is -2.32. The minimum Gasteiger partial charge on any atom is -0.497 e. The number of carboxylic acid groups (broad SMARTS) is 1. The van der Waals surface area contributed by atoms with E-state index in [4.69, 9.17) is 9.47 Å². The van der Waals surface area contributed by atoms with Crippen LogP contribution in [-0.2, 0) is 9.53 Å². The van der Waals surface area contributed by atoms with E-state index in [9.17, 15) is 14.7 Å². The molecule has 0 aromatic heterocycles. The van der Waals surface area contributed by atoms with Crippen molar-refractivity contribution in [2.24, 2.45) is 0 Å². The molecule has 7 nitrogen and oxygen atoms in total. The third kappa shape index (κ3) is 5.64. The molecular formula is C20H24N2O5. The first kappa shape index (κ1) is 20.1. The number of methoxy groups -OCH3 is 1. The van der Waals surface area contributed by atoms with E-state index in [2.05, 4.69) is 5.43 Å². The summed E-state index contributed by atoms with van der Waals surface area (Å²) in [5.41, 5.74) is 2.82. The van der Waals surface area contributed by atoms with E-state index in [1.54, 1.807) is 75.4 Å². The average molecular weight is 372 g/mol. The van der Waals surface area contributed by atoms with Crippen LogP contribution in [0.1, 0.15) is 32.4 Å². The molecule has 2 rings (SSSR count). The highest BCUT2D eigenvalue weighted by molar-refractivity contribution is 5.82. The number of carbonyl (C=O) groups excluding carboxylic acids is 1. The molecule has 1 amide bonds. The maximum atomic E-state index is 12.3. The van der Waals surface area contributed by atoms with E-state index in [0.29, 0.717) is 17.0 Å². The first-order valence-electron chi connectivity index (χ1n) is 8.42. The van der Waals surface area contributed by atoms with Gasteiger partial charge in [0.1, 0.15) is 11.4 Å². The molecule has 0 radical (unpaired) electrons. The number of ether oxygens (including phenoxy) is 2. The zero-order valence-corrected chi connectivity index (χ0v) is 15.8. The number of nitrogens with zero attached hydrogens (tertiary/aromatic N) is 1. The van der Waals surface area contributed by atoms with Crippen molar-refractivity contribution in [3.05, 3.63) is 60.2 Å². The molecule has 0 saturated carbocycles. The largest absolute Gasteiger partial charge is 0.497 e. The SMILES string of the molecule is COc1ccc(C(C(=O)O)N(NC(=O)OC(C)(C)C)c2ccccc2)cc1. The fourth-order valence-electron chi connectivity index (χ4n) is 2.45. The maximum Gasteiger partial charge on any atom is 0.426 e. The van der Waals surface area contributed by atoms with Crippen molar-refractivity contribution in [1.29, 1.82) is 0 Å². The molecule has 2 aromatic rings. The van der Waals surface area contributed by atoms with E-state index >= 15 is 0 Å². The summed E-state index contributed by atoms with van der Waals surface area (Å²) in [7, 11) is 1.53. The highest BCUT2D eigenvalue weighted by Crippen LogP contribution is 2.27. The van der Waals surface area contributed by atoms with Gasteiger partial charge < -0.3 is 14.6 Å². The Hall–Kier alpha value is -3.22. The van der Waals surface area contributed by atoms with Crippen LogP contribution >= 0.6 is 0 Å². The zero-order valence-electron chi connectivity index (χ0n) is 15.8. The molecule has 0 spiro atoms. The number of benzene rings is 2. The van der Waals surface area contributed by atoms with Gasteiger partial charge in [-0.1, -0.05) is 30.3 Å². The number of aliphatic carboxylic acids is 1. The molecule has 27 heavy (non-hydrogen) atoms. The van der Waals surface area contributed by atoms with Crippen molar-refractivity contribution in [2.75, 3.05) is 12.1 Å². The van der Waals surface area contributed by atoms with E-state index in [1.807, 2.05) is 0 Å². The first-order valence-corrected chi connectivity index (χ1v) is 8.42. The summed E-state index contributed by atoms with van der Waals surface area (Å²) in [5, 5.41) is 11.1. The standard InChI is InChI=1S/C20H24N2O5/c1-20(2,3)27-19(25)21-22(15-8-6-5-7-9-15)17(18(23)24)14-10-12-16(26-4)13-11-14/h5-13,17H,1-4H3,(H,21,25)(H,23,24). The van der Waals surface area contributed by atoms with Crippen molar-refractivity contribution in [2.45, 2.75) is 32.4 Å². The summed E-state index contributed by atoms with van der Waals surface area (Å²) in [6, 6.07) is 14.2. The number of rotatable bonds is 6. The van der Waals surface area contributed by atoms with Crippen LogP contribution in [-0.4, -0.2) is 29.9 Å². The second-order valence-electron chi connectivity index (χ2n) is 6.83. The second kappa shape index (κ2) is 8.44. The van der Waals surface area contributed by atoms with Crippen LogP contribution in [0.2, 0.25) is 0 Å². The predicted octanol–water partition coefficient (Wildman–Crippen LogP) is 3.77. The van der Waals surface area contributed by atoms with Crippen LogP contribution < -0.4 is 15.2 Å². The number of amides is 1. The number of carboxylic acids is 1. The molecule has 0 aliphatic rings. The summed E-state index contributed by atoms with van der Waals surface area (Å²) in [4.78, 5) is 24.4. The van der Waals surface area contributed by atoms with Crippen LogP contribution in [0.4, 0.5) is 10.5 Å². The lowest BCUT2D eigenvalue weighted by atomic mass is 10.1.